The second-order valence-electron chi connectivity index (χ2n) is 5.63. The predicted molar refractivity (Wildman–Crippen MR) is 98.9 cm³/mol. The summed E-state index contributed by atoms with van der Waals surface area (Å²) in [6, 6.07) is 3.40. The summed E-state index contributed by atoms with van der Waals surface area (Å²) in [6.45, 7) is 10.8. The molecule has 0 saturated heterocycles. The summed E-state index contributed by atoms with van der Waals surface area (Å²) in [5.74, 6) is 1.52. The second kappa shape index (κ2) is 12.0. The molecule has 0 aromatic rings. The summed E-state index contributed by atoms with van der Waals surface area (Å²) in [5, 5.41) is 0.277. The van der Waals surface area contributed by atoms with Gasteiger partial charge >= 0.3 is 0 Å². The van der Waals surface area contributed by atoms with Crippen molar-refractivity contribution in [2.45, 2.75) is 78.1 Å². The van der Waals surface area contributed by atoms with Gasteiger partial charge in [0.15, 0.2) is 13.4 Å². The molecule has 0 saturated carbocycles. The van der Waals surface area contributed by atoms with Crippen molar-refractivity contribution in [1.82, 2.24) is 0 Å². The number of rotatable bonds is 12. The van der Waals surface area contributed by atoms with Crippen molar-refractivity contribution in [3.8, 4) is 0 Å². The fraction of sp³-hybridized carbons (Fsp3) is 0.938. The molecule has 0 radical (unpaired) electrons. The first-order valence-corrected chi connectivity index (χ1v) is 12.5. The SMILES string of the molecule is CCSC(=O)[C@@H](C)[C@@H](CCCCCl)O[Si](CC)(CC)CC. The summed E-state index contributed by atoms with van der Waals surface area (Å²) in [4.78, 5) is 12.2. The molecule has 0 aliphatic carbocycles. The van der Waals surface area contributed by atoms with Gasteiger partial charge in [-0.05, 0) is 43.1 Å². The highest BCUT2D eigenvalue weighted by Gasteiger charge is 2.35. The molecule has 126 valence electrons. The molecular weight excluding hydrogens is 320 g/mol. The largest absolute Gasteiger partial charge is 0.413 e. The molecule has 0 aliphatic rings. The zero-order valence-corrected chi connectivity index (χ0v) is 17.0. The van der Waals surface area contributed by atoms with Crippen molar-refractivity contribution in [2.24, 2.45) is 5.92 Å². The zero-order chi connectivity index (χ0) is 16.3. The summed E-state index contributed by atoms with van der Waals surface area (Å²) >= 11 is 7.21. The third kappa shape index (κ3) is 7.53. The summed E-state index contributed by atoms with van der Waals surface area (Å²) in [7, 11) is -1.67. The highest BCUT2D eigenvalue weighted by molar-refractivity contribution is 8.13. The van der Waals surface area contributed by atoms with Crippen LogP contribution in [-0.4, -0.2) is 31.2 Å². The second-order valence-corrected chi connectivity index (χ2v) is 12.0. The quantitative estimate of drug-likeness (QED) is 0.256. The van der Waals surface area contributed by atoms with Gasteiger partial charge in [-0.3, -0.25) is 4.79 Å². The lowest BCUT2D eigenvalue weighted by Gasteiger charge is -2.35. The highest BCUT2D eigenvalue weighted by atomic mass is 35.5. The molecule has 2 nitrogen and oxygen atoms in total. The number of carbonyl (C=O) groups is 1. The van der Waals surface area contributed by atoms with E-state index in [0.717, 1.165) is 43.1 Å². The summed E-state index contributed by atoms with van der Waals surface area (Å²) < 4.78 is 6.62. The van der Waals surface area contributed by atoms with E-state index in [1.165, 1.54) is 11.8 Å². The van der Waals surface area contributed by atoms with Crippen LogP contribution in [0.5, 0.6) is 0 Å². The predicted octanol–water partition coefficient (Wildman–Crippen LogP) is 5.70. The normalized spacial score (nSPS) is 15.0. The van der Waals surface area contributed by atoms with Crippen LogP contribution in [0.2, 0.25) is 18.1 Å². The standard InChI is InChI=1S/C16H33ClO2SSi/c1-6-20-16(18)14(5)15(12-10-11-13-17)19-21(7-2,8-3)9-4/h14-15H,6-13H2,1-5H3/t14-,15+/m0/s1. The first-order chi connectivity index (χ1) is 10.00. The Balaban J connectivity index is 4.90. The Morgan fingerprint density at radius 3 is 2.14 bits per heavy atom. The Hall–Kier alpha value is 0.487. The van der Waals surface area contributed by atoms with Gasteiger partial charge in [0, 0.05) is 5.88 Å². The minimum atomic E-state index is -1.67. The first kappa shape index (κ1) is 21.5. The third-order valence-corrected chi connectivity index (χ3v) is 10.3. The van der Waals surface area contributed by atoms with Crippen LogP contribution in [0, 0.1) is 5.92 Å². The fourth-order valence-electron chi connectivity index (χ4n) is 2.60. The van der Waals surface area contributed by atoms with Gasteiger partial charge in [-0.2, -0.15) is 0 Å². The van der Waals surface area contributed by atoms with Crippen LogP contribution in [0.1, 0.15) is 53.9 Å². The van der Waals surface area contributed by atoms with Crippen LogP contribution in [-0.2, 0) is 9.22 Å². The van der Waals surface area contributed by atoms with Gasteiger partial charge in [-0.1, -0.05) is 46.4 Å². The molecule has 0 unspecified atom stereocenters. The van der Waals surface area contributed by atoms with Gasteiger partial charge in [-0.25, -0.2) is 0 Å². The first-order valence-electron chi connectivity index (χ1n) is 8.40. The number of carbonyl (C=O) groups excluding carboxylic acids is 1. The van der Waals surface area contributed by atoms with E-state index in [1.807, 2.05) is 13.8 Å². The number of alkyl halides is 1. The average molecular weight is 353 g/mol. The topological polar surface area (TPSA) is 26.3 Å². The minimum Gasteiger partial charge on any atom is -0.413 e. The van der Waals surface area contributed by atoms with Crippen molar-refractivity contribution in [2.75, 3.05) is 11.6 Å². The van der Waals surface area contributed by atoms with Crippen LogP contribution >= 0.6 is 23.4 Å². The molecule has 0 bridgehead atoms. The smallest absolute Gasteiger partial charge is 0.194 e. The van der Waals surface area contributed by atoms with Gasteiger partial charge in [0.1, 0.15) is 0 Å². The molecule has 0 rings (SSSR count). The van der Waals surface area contributed by atoms with Gasteiger partial charge in [0.2, 0.25) is 0 Å². The van der Waals surface area contributed by atoms with Crippen molar-refractivity contribution in [3.63, 3.8) is 0 Å². The lowest BCUT2D eigenvalue weighted by atomic mass is 10.0. The Morgan fingerprint density at radius 1 is 1.14 bits per heavy atom. The molecule has 0 aliphatic heterocycles. The van der Waals surface area contributed by atoms with E-state index in [1.54, 1.807) is 0 Å². The maximum atomic E-state index is 12.2. The fourth-order valence-corrected chi connectivity index (χ4v) is 6.45. The van der Waals surface area contributed by atoms with E-state index >= 15 is 0 Å². The lowest BCUT2D eigenvalue weighted by Crippen LogP contribution is -2.43. The van der Waals surface area contributed by atoms with Crippen LogP contribution in [0.15, 0.2) is 0 Å². The molecule has 0 aromatic heterocycles. The van der Waals surface area contributed by atoms with E-state index < -0.39 is 8.32 Å². The van der Waals surface area contributed by atoms with Gasteiger partial charge in [0.05, 0.1) is 12.0 Å². The van der Waals surface area contributed by atoms with Crippen LogP contribution in [0.4, 0.5) is 0 Å². The summed E-state index contributed by atoms with van der Waals surface area (Å²) in [6.07, 6.45) is 3.08. The summed E-state index contributed by atoms with van der Waals surface area (Å²) in [5.41, 5.74) is 0. The Bertz CT molecular complexity index is 277. The van der Waals surface area contributed by atoms with Crippen LogP contribution in [0.3, 0.4) is 0 Å². The van der Waals surface area contributed by atoms with Crippen LogP contribution in [0.25, 0.3) is 0 Å². The van der Waals surface area contributed by atoms with Crippen molar-refractivity contribution < 1.29 is 9.22 Å². The zero-order valence-electron chi connectivity index (χ0n) is 14.4. The minimum absolute atomic E-state index is 0.0122. The van der Waals surface area contributed by atoms with Gasteiger partial charge < -0.3 is 4.43 Å². The molecule has 0 fully saturated rings. The maximum Gasteiger partial charge on any atom is 0.194 e. The molecule has 0 N–H and O–H groups in total. The van der Waals surface area contributed by atoms with E-state index in [0.29, 0.717) is 5.88 Å². The number of halogens is 1. The third-order valence-electron chi connectivity index (χ3n) is 4.42. The van der Waals surface area contributed by atoms with Gasteiger partial charge in [0.25, 0.3) is 0 Å². The Morgan fingerprint density at radius 2 is 1.71 bits per heavy atom. The average Bonchev–Trinajstić information content (AvgIpc) is 2.51. The van der Waals surface area contributed by atoms with E-state index in [2.05, 4.69) is 20.8 Å². The van der Waals surface area contributed by atoms with E-state index in [-0.39, 0.29) is 17.1 Å². The molecule has 21 heavy (non-hydrogen) atoms. The Labute approximate surface area is 141 Å². The maximum absolute atomic E-state index is 12.2. The van der Waals surface area contributed by atoms with E-state index in [9.17, 15) is 4.79 Å². The number of thioether (sulfide) groups is 1. The highest BCUT2D eigenvalue weighted by Crippen LogP contribution is 2.29. The number of unbranched alkanes of at least 4 members (excludes halogenated alkanes) is 1. The Kier molecular flexibility index (Phi) is 12.3. The van der Waals surface area contributed by atoms with Crippen molar-refractivity contribution in [3.05, 3.63) is 0 Å². The lowest BCUT2D eigenvalue weighted by molar-refractivity contribution is -0.116. The molecule has 0 spiro atoms. The van der Waals surface area contributed by atoms with Crippen LogP contribution < -0.4 is 0 Å². The molecule has 0 heterocycles. The van der Waals surface area contributed by atoms with E-state index in [4.69, 9.17) is 16.0 Å². The molecule has 5 heteroatoms. The molecular formula is C16H33ClO2SSi. The molecule has 0 aromatic carbocycles. The molecule has 2 atom stereocenters. The monoisotopic (exact) mass is 352 g/mol. The number of hydrogen-bond acceptors (Lipinski definition) is 3. The number of hydrogen-bond donors (Lipinski definition) is 0. The molecule has 0 amide bonds. The van der Waals surface area contributed by atoms with Gasteiger partial charge in [-0.15, -0.1) is 11.6 Å². The van der Waals surface area contributed by atoms with Crippen molar-refractivity contribution in [1.29, 1.82) is 0 Å². The van der Waals surface area contributed by atoms with Crippen molar-refractivity contribution >= 4 is 36.8 Å².